The van der Waals surface area contributed by atoms with Crippen molar-refractivity contribution >= 4 is 42.4 Å². The lowest BCUT2D eigenvalue weighted by atomic mass is 10.1. The Morgan fingerprint density at radius 2 is 1.96 bits per heavy atom. The number of fused-ring (bicyclic) bond motifs is 1. The van der Waals surface area contributed by atoms with E-state index in [4.69, 9.17) is 32.4 Å². The first-order valence-electron chi connectivity index (χ1n) is 8.14. The van der Waals surface area contributed by atoms with Crippen LogP contribution in [0, 0.1) is 0 Å². The van der Waals surface area contributed by atoms with Crippen molar-refractivity contribution in [2.24, 2.45) is 0 Å². The van der Waals surface area contributed by atoms with Crippen molar-refractivity contribution in [2.45, 2.75) is 32.4 Å². The zero-order valence-electron chi connectivity index (χ0n) is 14.8. The van der Waals surface area contributed by atoms with Crippen LogP contribution in [0.25, 0.3) is 22.4 Å². The molecule has 2 aromatic heterocycles. The summed E-state index contributed by atoms with van der Waals surface area (Å²) in [5, 5.41) is 0.694. The summed E-state index contributed by atoms with van der Waals surface area (Å²) in [5.41, 5.74) is 2.00. The molecule has 26 heavy (non-hydrogen) atoms. The molecular formula is C17H19Cl2N3O3Si. The Balaban J connectivity index is 1.96. The highest BCUT2D eigenvalue weighted by Gasteiger charge is 2.19. The highest BCUT2D eigenvalue weighted by Crippen LogP contribution is 2.31. The van der Waals surface area contributed by atoms with Crippen LogP contribution in [0.1, 0.15) is 0 Å². The zero-order valence-corrected chi connectivity index (χ0v) is 17.3. The molecule has 2 heterocycles. The lowest BCUT2D eigenvalue weighted by Gasteiger charge is -2.15. The molecule has 0 atom stereocenters. The summed E-state index contributed by atoms with van der Waals surface area (Å²) in [5.74, 6) is -0.524. The van der Waals surface area contributed by atoms with Gasteiger partial charge in [-0.1, -0.05) is 42.8 Å². The average Bonchev–Trinajstić information content (AvgIpc) is 2.89. The van der Waals surface area contributed by atoms with E-state index in [1.807, 2.05) is 0 Å². The quantitative estimate of drug-likeness (QED) is 0.435. The SMILES string of the molecule is C[Si](C)(C)CCOCn1c(=O)oc2c(-c3cnc(Cl)cn3)ccc(Cl)c21. The van der Waals surface area contributed by atoms with Crippen LogP contribution in [0.5, 0.6) is 0 Å². The zero-order chi connectivity index (χ0) is 18.9. The van der Waals surface area contributed by atoms with Crippen LogP contribution >= 0.6 is 23.2 Å². The molecular weight excluding hydrogens is 393 g/mol. The van der Waals surface area contributed by atoms with Gasteiger partial charge in [-0.15, -0.1) is 0 Å². The molecule has 3 rings (SSSR count). The first-order chi connectivity index (χ1) is 12.3. The van der Waals surface area contributed by atoms with Crippen molar-refractivity contribution < 1.29 is 9.15 Å². The summed E-state index contributed by atoms with van der Waals surface area (Å²) < 4.78 is 12.5. The van der Waals surface area contributed by atoms with Crippen molar-refractivity contribution in [3.63, 3.8) is 0 Å². The van der Waals surface area contributed by atoms with Crippen LogP contribution < -0.4 is 5.76 Å². The van der Waals surface area contributed by atoms with Gasteiger partial charge in [0.25, 0.3) is 0 Å². The molecule has 0 fully saturated rings. The normalized spacial score (nSPS) is 12.0. The average molecular weight is 412 g/mol. The van der Waals surface area contributed by atoms with E-state index in [1.54, 1.807) is 12.1 Å². The number of rotatable bonds is 6. The molecule has 3 aromatic rings. The number of halogens is 2. The minimum Gasteiger partial charge on any atom is -0.407 e. The van der Waals surface area contributed by atoms with E-state index in [2.05, 4.69) is 29.6 Å². The van der Waals surface area contributed by atoms with Gasteiger partial charge in [-0.3, -0.25) is 4.98 Å². The highest BCUT2D eigenvalue weighted by atomic mass is 35.5. The summed E-state index contributed by atoms with van der Waals surface area (Å²) in [6, 6.07) is 4.45. The van der Waals surface area contributed by atoms with E-state index in [0.29, 0.717) is 34.0 Å². The largest absolute Gasteiger partial charge is 0.421 e. The minimum atomic E-state index is -1.20. The predicted octanol–water partition coefficient (Wildman–Crippen LogP) is 4.67. The van der Waals surface area contributed by atoms with Crippen LogP contribution in [0.2, 0.25) is 35.9 Å². The number of ether oxygens (including phenoxy) is 1. The minimum absolute atomic E-state index is 0.0891. The third-order valence-corrected chi connectivity index (χ3v) is 6.08. The second-order valence-electron chi connectivity index (χ2n) is 7.14. The Kier molecular flexibility index (Phi) is 5.52. The van der Waals surface area contributed by atoms with Crippen molar-refractivity contribution in [1.29, 1.82) is 0 Å². The monoisotopic (exact) mass is 411 g/mol. The Morgan fingerprint density at radius 1 is 1.19 bits per heavy atom. The standard InChI is InChI=1S/C17H19Cl2N3O3Si/c1-26(2,3)7-6-24-10-22-15-12(18)5-4-11(16(15)25-17(22)23)13-8-21-14(19)9-20-13/h4-5,8-9H,6-7,10H2,1-3H3. The number of aromatic nitrogens is 3. The fourth-order valence-corrected chi connectivity index (χ4v) is 3.55. The van der Waals surface area contributed by atoms with Gasteiger partial charge in [-0.2, -0.15) is 0 Å². The fraction of sp³-hybridized carbons (Fsp3) is 0.353. The van der Waals surface area contributed by atoms with Crippen LogP contribution in [0.15, 0.2) is 33.7 Å². The van der Waals surface area contributed by atoms with Crippen molar-refractivity contribution in [2.75, 3.05) is 6.61 Å². The van der Waals surface area contributed by atoms with Crippen LogP contribution in [-0.2, 0) is 11.5 Å². The molecule has 6 nitrogen and oxygen atoms in total. The van der Waals surface area contributed by atoms with Gasteiger partial charge in [0.15, 0.2) is 5.58 Å². The maximum atomic E-state index is 12.3. The first-order valence-corrected chi connectivity index (χ1v) is 12.6. The molecule has 0 radical (unpaired) electrons. The van der Waals surface area contributed by atoms with Gasteiger partial charge >= 0.3 is 5.76 Å². The van der Waals surface area contributed by atoms with Gasteiger partial charge in [0.2, 0.25) is 0 Å². The molecule has 9 heteroatoms. The fourth-order valence-electron chi connectivity index (χ4n) is 2.44. The molecule has 0 N–H and O–H groups in total. The molecule has 0 aliphatic heterocycles. The van der Waals surface area contributed by atoms with Crippen LogP contribution in [0.4, 0.5) is 0 Å². The van der Waals surface area contributed by atoms with E-state index in [0.717, 1.165) is 6.04 Å². The maximum absolute atomic E-state index is 12.3. The number of oxazole rings is 1. The molecule has 0 spiro atoms. The number of nitrogens with zero attached hydrogens (tertiary/aromatic N) is 3. The van der Waals surface area contributed by atoms with Gasteiger partial charge in [0, 0.05) is 20.2 Å². The number of hydrogen-bond acceptors (Lipinski definition) is 5. The number of hydrogen-bond donors (Lipinski definition) is 0. The summed E-state index contributed by atoms with van der Waals surface area (Å²) in [6.45, 7) is 7.49. The Bertz CT molecular complexity index is 978. The Hall–Kier alpha value is -1.67. The van der Waals surface area contributed by atoms with E-state index in [1.165, 1.54) is 17.0 Å². The van der Waals surface area contributed by atoms with Gasteiger partial charge in [0.1, 0.15) is 17.4 Å². The van der Waals surface area contributed by atoms with E-state index in [9.17, 15) is 4.79 Å². The molecule has 0 amide bonds. The summed E-state index contributed by atoms with van der Waals surface area (Å²) in [4.78, 5) is 20.6. The van der Waals surface area contributed by atoms with Gasteiger partial charge < -0.3 is 9.15 Å². The van der Waals surface area contributed by atoms with Crippen molar-refractivity contribution in [1.82, 2.24) is 14.5 Å². The van der Waals surface area contributed by atoms with Crippen molar-refractivity contribution in [3.8, 4) is 11.3 Å². The summed E-state index contributed by atoms with van der Waals surface area (Å²) in [6.07, 6.45) is 2.96. The van der Waals surface area contributed by atoms with E-state index in [-0.39, 0.29) is 11.9 Å². The van der Waals surface area contributed by atoms with E-state index >= 15 is 0 Å². The van der Waals surface area contributed by atoms with Gasteiger partial charge in [0.05, 0.1) is 23.1 Å². The van der Waals surface area contributed by atoms with Crippen LogP contribution in [-0.4, -0.2) is 29.2 Å². The van der Waals surface area contributed by atoms with Crippen molar-refractivity contribution in [3.05, 3.63) is 45.3 Å². The Labute approximate surface area is 161 Å². The second-order valence-corrected chi connectivity index (χ2v) is 13.6. The Morgan fingerprint density at radius 3 is 2.62 bits per heavy atom. The maximum Gasteiger partial charge on any atom is 0.421 e. The lowest BCUT2D eigenvalue weighted by molar-refractivity contribution is 0.0850. The second kappa shape index (κ2) is 7.52. The number of benzene rings is 1. The van der Waals surface area contributed by atoms with Gasteiger partial charge in [-0.25, -0.2) is 14.3 Å². The van der Waals surface area contributed by atoms with Crippen LogP contribution in [0.3, 0.4) is 0 Å². The topological polar surface area (TPSA) is 70.2 Å². The molecule has 0 aliphatic rings. The molecule has 0 bridgehead atoms. The third-order valence-electron chi connectivity index (χ3n) is 3.87. The summed E-state index contributed by atoms with van der Waals surface area (Å²) >= 11 is 12.1. The molecule has 0 saturated carbocycles. The molecule has 138 valence electrons. The smallest absolute Gasteiger partial charge is 0.407 e. The molecule has 0 saturated heterocycles. The molecule has 1 aromatic carbocycles. The molecule has 0 aliphatic carbocycles. The third kappa shape index (κ3) is 4.17. The summed E-state index contributed by atoms with van der Waals surface area (Å²) in [7, 11) is -1.20. The van der Waals surface area contributed by atoms with E-state index < -0.39 is 13.8 Å². The van der Waals surface area contributed by atoms with Gasteiger partial charge in [-0.05, 0) is 18.2 Å². The lowest BCUT2D eigenvalue weighted by Crippen LogP contribution is -2.23. The molecule has 0 unspecified atom stereocenters. The highest BCUT2D eigenvalue weighted by molar-refractivity contribution is 6.76. The first kappa shape index (κ1) is 19.1. The predicted molar refractivity (Wildman–Crippen MR) is 106 cm³/mol.